The van der Waals surface area contributed by atoms with E-state index in [4.69, 9.17) is 23.2 Å². The summed E-state index contributed by atoms with van der Waals surface area (Å²) in [6.07, 6.45) is -4.03. The number of hydrogen-bond acceptors (Lipinski definition) is 4. The van der Waals surface area contributed by atoms with E-state index in [2.05, 4.69) is 5.32 Å². The van der Waals surface area contributed by atoms with E-state index in [-0.39, 0.29) is 13.0 Å². The molecule has 3 aromatic rings. The van der Waals surface area contributed by atoms with Crippen molar-refractivity contribution in [1.82, 2.24) is 10.2 Å². The van der Waals surface area contributed by atoms with Gasteiger partial charge in [-0.3, -0.25) is 13.9 Å². The average Bonchev–Trinajstić information content (AvgIpc) is 2.89. The average molecular weight is 659 g/mol. The molecule has 0 fully saturated rings. The number of hydrogen-bond donors (Lipinski definition) is 1. The van der Waals surface area contributed by atoms with Gasteiger partial charge in [-0.2, -0.15) is 13.2 Å². The molecule has 0 saturated heterocycles. The van der Waals surface area contributed by atoms with Crippen molar-refractivity contribution in [3.63, 3.8) is 0 Å². The Labute approximate surface area is 259 Å². The van der Waals surface area contributed by atoms with E-state index < -0.39 is 62.4 Å². The normalized spacial score (nSPS) is 12.9. The first-order valence-corrected chi connectivity index (χ1v) is 15.7. The Morgan fingerprint density at radius 1 is 0.907 bits per heavy atom. The van der Waals surface area contributed by atoms with Crippen molar-refractivity contribution in [2.75, 3.05) is 17.1 Å². The number of nitrogens with one attached hydrogen (secondary N) is 1. The number of carbonyl (C=O) groups is 2. The zero-order valence-corrected chi connectivity index (χ0v) is 26.3. The smallest absolute Gasteiger partial charge is 0.350 e. The second kappa shape index (κ2) is 13.6. The number of halogens is 5. The van der Waals surface area contributed by atoms with Crippen molar-refractivity contribution in [3.8, 4) is 0 Å². The van der Waals surface area contributed by atoms with E-state index in [1.807, 2.05) is 0 Å². The molecule has 0 spiro atoms. The second-order valence-corrected chi connectivity index (χ2v) is 13.7. The van der Waals surface area contributed by atoms with Crippen LogP contribution in [0.3, 0.4) is 0 Å². The first-order valence-electron chi connectivity index (χ1n) is 13.1. The van der Waals surface area contributed by atoms with Gasteiger partial charge >= 0.3 is 6.18 Å². The summed E-state index contributed by atoms with van der Waals surface area (Å²) >= 11 is 12.2. The Morgan fingerprint density at radius 2 is 1.51 bits per heavy atom. The minimum absolute atomic E-state index is 0.0665. The summed E-state index contributed by atoms with van der Waals surface area (Å²) in [6.45, 7) is 4.24. The highest BCUT2D eigenvalue weighted by Gasteiger charge is 2.37. The van der Waals surface area contributed by atoms with Gasteiger partial charge in [-0.1, -0.05) is 71.7 Å². The van der Waals surface area contributed by atoms with Crippen molar-refractivity contribution in [2.45, 2.75) is 51.5 Å². The molecule has 3 rings (SSSR count). The van der Waals surface area contributed by atoms with E-state index in [1.165, 1.54) is 4.90 Å². The van der Waals surface area contributed by atoms with Gasteiger partial charge in [-0.15, -0.1) is 0 Å². The van der Waals surface area contributed by atoms with E-state index >= 15 is 0 Å². The lowest BCUT2D eigenvalue weighted by molar-refractivity contribution is -0.140. The lowest BCUT2D eigenvalue weighted by Gasteiger charge is -2.35. The fraction of sp³-hybridized carbons (Fsp3) is 0.333. The molecule has 0 aromatic heterocycles. The van der Waals surface area contributed by atoms with Crippen LogP contribution in [0.2, 0.25) is 10.0 Å². The second-order valence-electron chi connectivity index (χ2n) is 11.0. The zero-order chi connectivity index (χ0) is 32.2. The predicted molar refractivity (Wildman–Crippen MR) is 162 cm³/mol. The van der Waals surface area contributed by atoms with Gasteiger partial charge in [0.2, 0.25) is 21.8 Å². The summed E-state index contributed by atoms with van der Waals surface area (Å²) in [5, 5.41) is 2.56. The molecule has 1 unspecified atom stereocenters. The summed E-state index contributed by atoms with van der Waals surface area (Å²) in [7, 11) is -4.29. The van der Waals surface area contributed by atoms with Crippen LogP contribution in [0, 0.1) is 0 Å². The number of carbonyl (C=O) groups excluding carboxylic acids is 2. The lowest BCUT2D eigenvalue weighted by atomic mass is 10.0. The third kappa shape index (κ3) is 9.61. The highest BCUT2D eigenvalue weighted by molar-refractivity contribution is 7.92. The molecular weight excluding hydrogens is 626 g/mol. The number of rotatable bonds is 10. The van der Waals surface area contributed by atoms with E-state index in [0.717, 1.165) is 24.0 Å². The molecule has 0 heterocycles. The van der Waals surface area contributed by atoms with Gasteiger partial charge in [0.05, 0.1) is 22.5 Å². The van der Waals surface area contributed by atoms with E-state index in [0.29, 0.717) is 21.0 Å². The van der Waals surface area contributed by atoms with Crippen LogP contribution in [0.5, 0.6) is 0 Å². The van der Waals surface area contributed by atoms with Crippen LogP contribution in [0.25, 0.3) is 0 Å². The molecule has 0 aliphatic rings. The zero-order valence-electron chi connectivity index (χ0n) is 24.0. The molecular formula is C30H32Cl2F3N3O4S. The maximum absolute atomic E-state index is 14.1. The molecule has 2 amide bonds. The lowest BCUT2D eigenvalue weighted by Crippen LogP contribution is -2.56. The van der Waals surface area contributed by atoms with Crippen LogP contribution in [0.4, 0.5) is 18.9 Å². The molecule has 43 heavy (non-hydrogen) atoms. The van der Waals surface area contributed by atoms with Gasteiger partial charge in [-0.25, -0.2) is 8.42 Å². The van der Waals surface area contributed by atoms with E-state index in [9.17, 15) is 31.2 Å². The molecule has 0 saturated carbocycles. The van der Waals surface area contributed by atoms with Crippen LogP contribution in [-0.4, -0.2) is 49.5 Å². The first kappa shape index (κ1) is 34.2. The molecule has 0 aliphatic heterocycles. The number of amides is 2. The molecule has 232 valence electrons. The number of sulfonamides is 1. The Morgan fingerprint density at radius 3 is 2.07 bits per heavy atom. The minimum Gasteiger partial charge on any atom is -0.350 e. The van der Waals surface area contributed by atoms with Crippen LogP contribution in [0.1, 0.15) is 37.5 Å². The largest absolute Gasteiger partial charge is 0.417 e. The number of alkyl halides is 3. The molecule has 0 radical (unpaired) electrons. The van der Waals surface area contributed by atoms with Crippen molar-refractivity contribution < 1.29 is 31.2 Å². The fourth-order valence-corrected chi connectivity index (χ4v) is 5.58. The van der Waals surface area contributed by atoms with Crippen LogP contribution in [0.15, 0.2) is 72.8 Å². The minimum atomic E-state index is -4.87. The summed E-state index contributed by atoms with van der Waals surface area (Å²) in [5.74, 6) is -1.34. The molecule has 3 aromatic carbocycles. The van der Waals surface area contributed by atoms with Gasteiger partial charge in [0.25, 0.3) is 0 Å². The van der Waals surface area contributed by atoms with Crippen molar-refractivity contribution in [1.29, 1.82) is 0 Å². The predicted octanol–water partition coefficient (Wildman–Crippen LogP) is 6.33. The van der Waals surface area contributed by atoms with E-state index in [1.54, 1.807) is 75.4 Å². The van der Waals surface area contributed by atoms with Gasteiger partial charge in [0.15, 0.2) is 0 Å². The van der Waals surface area contributed by atoms with Crippen LogP contribution in [-0.2, 0) is 38.8 Å². The third-order valence-corrected chi connectivity index (χ3v) is 8.13. The summed E-state index contributed by atoms with van der Waals surface area (Å²) in [5.41, 5.74) is -1.14. The van der Waals surface area contributed by atoms with Gasteiger partial charge in [0.1, 0.15) is 12.6 Å². The molecule has 13 heteroatoms. The third-order valence-electron chi connectivity index (χ3n) is 6.29. The Bertz CT molecular complexity index is 1560. The van der Waals surface area contributed by atoms with Crippen molar-refractivity contribution in [3.05, 3.63) is 99.5 Å². The van der Waals surface area contributed by atoms with Gasteiger partial charge in [0, 0.05) is 23.5 Å². The number of nitrogens with zero attached hydrogens (tertiary/aromatic N) is 2. The van der Waals surface area contributed by atoms with Gasteiger partial charge in [-0.05, 0) is 56.2 Å². The Balaban J connectivity index is 2.13. The van der Waals surface area contributed by atoms with Gasteiger partial charge < -0.3 is 10.2 Å². The van der Waals surface area contributed by atoms with Crippen molar-refractivity contribution >= 4 is 50.7 Å². The Hall–Kier alpha value is -3.28. The fourth-order valence-electron chi connectivity index (χ4n) is 4.32. The highest BCUT2D eigenvalue weighted by Crippen LogP contribution is 2.37. The quantitative estimate of drug-likeness (QED) is 0.276. The SMILES string of the molecule is CC(C)(C)NC(=O)C(Cc1ccccc1)N(Cc1ccccc1Cl)C(=O)CN(c1ccc(Cl)c(C(F)(F)F)c1)S(C)(=O)=O. The molecule has 1 atom stereocenters. The van der Waals surface area contributed by atoms with Crippen molar-refractivity contribution in [2.24, 2.45) is 0 Å². The number of anilines is 1. The maximum atomic E-state index is 14.1. The van der Waals surface area contributed by atoms with Crippen LogP contribution < -0.4 is 9.62 Å². The summed E-state index contributed by atoms with van der Waals surface area (Å²) < 4.78 is 67.1. The number of benzene rings is 3. The monoisotopic (exact) mass is 657 g/mol. The topological polar surface area (TPSA) is 86.8 Å². The molecule has 7 nitrogen and oxygen atoms in total. The molecule has 0 bridgehead atoms. The summed E-state index contributed by atoms with van der Waals surface area (Å²) in [4.78, 5) is 29.0. The summed E-state index contributed by atoms with van der Waals surface area (Å²) in [6, 6.07) is 17.0. The molecule has 1 N–H and O–H groups in total. The molecule has 0 aliphatic carbocycles. The van der Waals surface area contributed by atoms with Crippen LogP contribution >= 0.6 is 23.2 Å². The maximum Gasteiger partial charge on any atom is 0.417 e. The Kier molecular flexibility index (Phi) is 10.8. The first-order chi connectivity index (χ1) is 19.9. The highest BCUT2D eigenvalue weighted by atomic mass is 35.5. The standard InChI is InChI=1S/C30H32Cl2F3N3O4S/c1-29(2,3)36-28(40)26(16-20-10-6-5-7-11-20)37(18-21-12-8-9-13-24(21)31)27(39)19-38(43(4,41)42)22-14-15-25(32)23(17-22)30(33,34)35/h5-15,17,26H,16,18-19H2,1-4H3,(H,36,40).